The molecule has 154 valence electrons. The molecule has 7 nitrogen and oxygen atoms in total. The number of nitrogens with one attached hydrogen (secondary N) is 1. The van der Waals surface area contributed by atoms with Gasteiger partial charge in [-0.05, 0) is 42.3 Å². The summed E-state index contributed by atoms with van der Waals surface area (Å²) in [6.45, 7) is 1.92. The predicted octanol–water partition coefficient (Wildman–Crippen LogP) is 3.35. The van der Waals surface area contributed by atoms with Crippen LogP contribution in [0.2, 0.25) is 0 Å². The van der Waals surface area contributed by atoms with Crippen molar-refractivity contribution in [2.45, 2.75) is 17.9 Å². The molecule has 0 saturated carbocycles. The molecule has 1 N–H and O–H groups in total. The number of imidazole rings is 1. The van der Waals surface area contributed by atoms with E-state index in [2.05, 4.69) is 14.7 Å². The van der Waals surface area contributed by atoms with Gasteiger partial charge in [-0.15, -0.1) is 0 Å². The molecule has 30 heavy (non-hydrogen) atoms. The molecule has 2 aromatic carbocycles. The lowest BCUT2D eigenvalue weighted by atomic mass is 10.1. The van der Waals surface area contributed by atoms with E-state index in [1.165, 1.54) is 0 Å². The summed E-state index contributed by atoms with van der Waals surface area (Å²) in [6.07, 6.45) is 5.08. The van der Waals surface area contributed by atoms with Crippen LogP contribution in [0.1, 0.15) is 23.0 Å². The number of methoxy groups -OCH3 is 1. The van der Waals surface area contributed by atoms with Crippen molar-refractivity contribution in [2.24, 2.45) is 7.05 Å². The Hall–Kier alpha value is -3.23. The van der Waals surface area contributed by atoms with Gasteiger partial charge < -0.3 is 9.30 Å². The smallest absolute Gasteiger partial charge is 0.243 e. The Balaban J connectivity index is 1.82. The summed E-state index contributed by atoms with van der Waals surface area (Å²) in [5.41, 5.74) is 2.11. The van der Waals surface area contributed by atoms with Crippen molar-refractivity contribution in [3.8, 4) is 5.75 Å². The number of hydrogen-bond donors (Lipinski definition) is 1. The van der Waals surface area contributed by atoms with Gasteiger partial charge in [-0.1, -0.05) is 24.3 Å². The number of fused-ring (bicyclic) bond motifs is 1. The molecule has 0 aliphatic carbocycles. The van der Waals surface area contributed by atoms with Crippen LogP contribution in [0.15, 0.2) is 72.0 Å². The minimum Gasteiger partial charge on any atom is -0.497 e. The van der Waals surface area contributed by atoms with E-state index in [-0.39, 0.29) is 4.90 Å². The van der Waals surface area contributed by atoms with Crippen molar-refractivity contribution >= 4 is 20.9 Å². The van der Waals surface area contributed by atoms with E-state index in [0.29, 0.717) is 17.1 Å². The molecule has 0 fully saturated rings. The maximum absolute atomic E-state index is 13.5. The number of sulfonamides is 1. The molecule has 0 amide bonds. The van der Waals surface area contributed by atoms with E-state index in [1.807, 2.05) is 44.3 Å². The Morgan fingerprint density at radius 2 is 1.90 bits per heavy atom. The number of aryl methyl sites for hydroxylation is 2. The average molecular weight is 423 g/mol. The van der Waals surface area contributed by atoms with Gasteiger partial charge in [-0.3, -0.25) is 4.98 Å². The lowest BCUT2D eigenvalue weighted by Gasteiger charge is -2.20. The predicted molar refractivity (Wildman–Crippen MR) is 115 cm³/mol. The fourth-order valence-electron chi connectivity index (χ4n) is 3.42. The van der Waals surface area contributed by atoms with Crippen molar-refractivity contribution in [2.75, 3.05) is 7.11 Å². The van der Waals surface area contributed by atoms with Crippen molar-refractivity contribution < 1.29 is 13.2 Å². The molecule has 0 saturated heterocycles. The number of nitrogens with zero attached hydrogens (tertiary/aromatic N) is 3. The molecular formula is C22H22N4O3S. The Bertz CT molecular complexity index is 1310. The minimum absolute atomic E-state index is 0.127. The fraction of sp³-hybridized carbons (Fsp3) is 0.182. The second kappa shape index (κ2) is 7.89. The number of aromatic nitrogens is 3. The summed E-state index contributed by atoms with van der Waals surface area (Å²) >= 11 is 0. The second-order valence-corrected chi connectivity index (χ2v) is 8.75. The molecule has 2 aromatic heterocycles. The average Bonchev–Trinajstić information content (AvgIpc) is 3.17. The van der Waals surface area contributed by atoms with Gasteiger partial charge in [0.2, 0.25) is 10.0 Å². The van der Waals surface area contributed by atoms with Gasteiger partial charge in [0.1, 0.15) is 22.5 Å². The first-order valence-corrected chi connectivity index (χ1v) is 10.9. The van der Waals surface area contributed by atoms with E-state index in [0.717, 1.165) is 16.5 Å². The quantitative estimate of drug-likeness (QED) is 0.515. The van der Waals surface area contributed by atoms with Gasteiger partial charge in [0.15, 0.2) is 0 Å². The summed E-state index contributed by atoms with van der Waals surface area (Å²) in [5.74, 6) is 1.20. The number of rotatable bonds is 6. The third-order valence-electron chi connectivity index (χ3n) is 4.92. The molecule has 4 rings (SSSR count). The lowest BCUT2D eigenvalue weighted by molar-refractivity contribution is 0.413. The molecule has 0 spiro atoms. The van der Waals surface area contributed by atoms with E-state index in [9.17, 15) is 8.42 Å². The maximum atomic E-state index is 13.5. The molecule has 0 bridgehead atoms. The summed E-state index contributed by atoms with van der Waals surface area (Å²) in [4.78, 5) is 8.88. The SMILES string of the molecule is COc1cccc([C@H](NS(=O)(=O)c2cccc3cc(C)cnc23)c2nccn2C)c1. The van der Waals surface area contributed by atoms with Crippen LogP contribution in [0.25, 0.3) is 10.9 Å². The third-order valence-corrected chi connectivity index (χ3v) is 6.37. The first-order valence-electron chi connectivity index (χ1n) is 9.38. The number of para-hydroxylation sites is 1. The van der Waals surface area contributed by atoms with E-state index >= 15 is 0 Å². The maximum Gasteiger partial charge on any atom is 0.243 e. The zero-order chi connectivity index (χ0) is 21.3. The highest BCUT2D eigenvalue weighted by Crippen LogP contribution is 2.28. The zero-order valence-electron chi connectivity index (χ0n) is 16.9. The Kier molecular flexibility index (Phi) is 5.27. The Morgan fingerprint density at radius 3 is 2.63 bits per heavy atom. The van der Waals surface area contributed by atoms with Gasteiger partial charge in [0, 0.05) is 31.0 Å². The van der Waals surface area contributed by atoms with Crippen molar-refractivity contribution in [1.82, 2.24) is 19.3 Å². The summed E-state index contributed by atoms with van der Waals surface area (Å²) in [5, 5.41) is 0.771. The molecule has 0 aliphatic heterocycles. The van der Waals surface area contributed by atoms with Crippen LogP contribution >= 0.6 is 0 Å². The van der Waals surface area contributed by atoms with Crippen LogP contribution in [-0.2, 0) is 17.1 Å². The van der Waals surface area contributed by atoms with Crippen LogP contribution in [-0.4, -0.2) is 30.1 Å². The standard InChI is InChI=1S/C22H22N4O3S/c1-15-12-16-7-5-9-19(20(16)24-14-15)30(27,28)25-21(22-23-10-11-26(22)2)17-6-4-8-18(13-17)29-3/h4-14,21,25H,1-3H3/t21-/m0/s1. The van der Waals surface area contributed by atoms with Crippen LogP contribution in [0.4, 0.5) is 0 Å². The first kappa shape index (κ1) is 20.1. The highest BCUT2D eigenvalue weighted by atomic mass is 32.2. The van der Waals surface area contributed by atoms with Crippen molar-refractivity contribution in [1.29, 1.82) is 0 Å². The molecule has 8 heteroatoms. The fourth-order valence-corrected chi connectivity index (χ4v) is 4.79. The van der Waals surface area contributed by atoms with Crippen LogP contribution in [0.3, 0.4) is 0 Å². The summed E-state index contributed by atoms with van der Waals surface area (Å²) in [6, 6.07) is 13.6. The zero-order valence-corrected chi connectivity index (χ0v) is 17.7. The number of ether oxygens (including phenoxy) is 1. The van der Waals surface area contributed by atoms with Gasteiger partial charge in [-0.2, -0.15) is 4.72 Å². The highest BCUT2D eigenvalue weighted by Gasteiger charge is 2.27. The topological polar surface area (TPSA) is 86.1 Å². The number of hydrogen-bond acceptors (Lipinski definition) is 5. The van der Waals surface area contributed by atoms with Gasteiger partial charge >= 0.3 is 0 Å². The monoisotopic (exact) mass is 422 g/mol. The van der Waals surface area contributed by atoms with Gasteiger partial charge in [0.05, 0.1) is 12.6 Å². The van der Waals surface area contributed by atoms with Crippen LogP contribution in [0, 0.1) is 6.92 Å². The van der Waals surface area contributed by atoms with Crippen molar-refractivity contribution in [3.05, 3.63) is 84.1 Å². The van der Waals surface area contributed by atoms with Gasteiger partial charge in [0.25, 0.3) is 0 Å². The lowest BCUT2D eigenvalue weighted by Crippen LogP contribution is -2.31. The molecule has 0 aliphatic rings. The normalized spacial score (nSPS) is 12.8. The molecular weight excluding hydrogens is 400 g/mol. The number of pyridine rings is 1. The molecule has 1 atom stereocenters. The summed E-state index contributed by atoms with van der Waals surface area (Å²) < 4.78 is 36.8. The highest BCUT2D eigenvalue weighted by molar-refractivity contribution is 7.89. The Morgan fingerprint density at radius 1 is 1.10 bits per heavy atom. The molecule has 4 aromatic rings. The number of benzene rings is 2. The minimum atomic E-state index is -3.92. The largest absolute Gasteiger partial charge is 0.497 e. The summed E-state index contributed by atoms with van der Waals surface area (Å²) in [7, 11) is -0.518. The molecule has 2 heterocycles. The molecule has 0 radical (unpaired) electrons. The van der Waals surface area contributed by atoms with Gasteiger partial charge in [-0.25, -0.2) is 13.4 Å². The van der Waals surface area contributed by atoms with E-state index in [4.69, 9.17) is 4.74 Å². The second-order valence-electron chi connectivity index (χ2n) is 7.07. The van der Waals surface area contributed by atoms with Crippen LogP contribution < -0.4 is 9.46 Å². The Labute approximate surface area is 175 Å². The third kappa shape index (κ3) is 3.79. The van der Waals surface area contributed by atoms with E-state index in [1.54, 1.807) is 48.5 Å². The van der Waals surface area contributed by atoms with Crippen molar-refractivity contribution in [3.63, 3.8) is 0 Å². The van der Waals surface area contributed by atoms with E-state index < -0.39 is 16.1 Å². The first-order chi connectivity index (χ1) is 14.4. The molecule has 0 unspecified atom stereocenters. The van der Waals surface area contributed by atoms with Crippen LogP contribution in [0.5, 0.6) is 5.75 Å².